The third kappa shape index (κ3) is 2.20. The molecule has 2 aliphatic rings. The van der Waals surface area contributed by atoms with E-state index in [4.69, 9.17) is 4.74 Å². The smallest absolute Gasteiger partial charge is 0.414 e. The molecule has 2 fully saturated rings. The number of anilines is 1. The quantitative estimate of drug-likeness (QED) is 0.868. The fraction of sp³-hybridized carbons (Fsp3) is 0.500. The van der Waals surface area contributed by atoms with Gasteiger partial charge in [-0.05, 0) is 31.5 Å². The lowest BCUT2D eigenvalue weighted by Gasteiger charge is -2.26. The van der Waals surface area contributed by atoms with Gasteiger partial charge in [-0.3, -0.25) is 4.90 Å². The average Bonchev–Trinajstić information content (AvgIpc) is 2.83. The van der Waals surface area contributed by atoms with Gasteiger partial charge in [-0.15, -0.1) is 0 Å². The molecule has 96 valence electrons. The van der Waals surface area contributed by atoms with Gasteiger partial charge in [0, 0.05) is 18.2 Å². The molecule has 1 amide bonds. The number of benzene rings is 1. The highest BCUT2D eigenvalue weighted by Crippen LogP contribution is 2.27. The summed E-state index contributed by atoms with van der Waals surface area (Å²) in [6, 6.07) is 9.73. The van der Waals surface area contributed by atoms with Crippen molar-refractivity contribution in [3.63, 3.8) is 0 Å². The van der Waals surface area contributed by atoms with E-state index in [1.807, 2.05) is 30.3 Å². The zero-order valence-corrected chi connectivity index (χ0v) is 10.3. The van der Waals surface area contributed by atoms with Crippen LogP contribution >= 0.6 is 0 Å². The summed E-state index contributed by atoms with van der Waals surface area (Å²) in [6.07, 6.45) is 2.14. The van der Waals surface area contributed by atoms with Gasteiger partial charge in [-0.1, -0.05) is 18.2 Å². The van der Waals surface area contributed by atoms with Crippen molar-refractivity contribution in [3.05, 3.63) is 30.3 Å². The van der Waals surface area contributed by atoms with Crippen LogP contribution in [0.5, 0.6) is 0 Å². The van der Waals surface area contributed by atoms with Gasteiger partial charge in [0.15, 0.2) is 0 Å². The Morgan fingerprint density at radius 2 is 2.11 bits per heavy atom. The summed E-state index contributed by atoms with van der Waals surface area (Å²) in [6.45, 7) is 2.72. The number of cyclic esters (lactones) is 1. The molecule has 0 bridgehead atoms. The summed E-state index contributed by atoms with van der Waals surface area (Å²) < 4.78 is 5.51. The number of amides is 1. The van der Waals surface area contributed by atoms with Gasteiger partial charge in [0.1, 0.15) is 6.10 Å². The Labute approximate surface area is 107 Å². The summed E-state index contributed by atoms with van der Waals surface area (Å²) in [5.74, 6) is 0.455. The summed E-state index contributed by atoms with van der Waals surface area (Å²) in [5, 5.41) is 3.37. The van der Waals surface area contributed by atoms with Gasteiger partial charge in [0.05, 0.1) is 6.54 Å². The summed E-state index contributed by atoms with van der Waals surface area (Å²) in [7, 11) is 0. The lowest BCUT2D eigenvalue weighted by molar-refractivity contribution is 0.0942. The molecule has 2 atom stereocenters. The molecule has 0 aliphatic carbocycles. The largest absolute Gasteiger partial charge is 0.444 e. The van der Waals surface area contributed by atoms with Gasteiger partial charge in [-0.25, -0.2) is 4.79 Å². The third-order valence-corrected chi connectivity index (χ3v) is 3.76. The van der Waals surface area contributed by atoms with Crippen LogP contribution in [0.2, 0.25) is 0 Å². The molecule has 3 rings (SSSR count). The molecule has 4 nitrogen and oxygen atoms in total. The van der Waals surface area contributed by atoms with E-state index in [2.05, 4.69) is 5.32 Å². The van der Waals surface area contributed by atoms with Crippen molar-refractivity contribution >= 4 is 11.8 Å². The lowest BCUT2D eigenvalue weighted by atomic mass is 9.94. The zero-order chi connectivity index (χ0) is 12.4. The Morgan fingerprint density at radius 1 is 1.28 bits per heavy atom. The van der Waals surface area contributed by atoms with Gasteiger partial charge in [-0.2, -0.15) is 0 Å². The highest BCUT2D eigenvalue weighted by molar-refractivity contribution is 5.89. The molecule has 0 spiro atoms. The van der Waals surface area contributed by atoms with Crippen LogP contribution in [-0.4, -0.2) is 31.8 Å². The van der Waals surface area contributed by atoms with Gasteiger partial charge < -0.3 is 10.1 Å². The molecule has 0 aromatic heterocycles. The molecule has 1 aromatic rings. The highest BCUT2D eigenvalue weighted by Gasteiger charge is 2.37. The molecule has 0 saturated carbocycles. The monoisotopic (exact) mass is 246 g/mol. The maximum absolute atomic E-state index is 11.9. The van der Waals surface area contributed by atoms with Crippen molar-refractivity contribution in [2.45, 2.75) is 18.9 Å². The van der Waals surface area contributed by atoms with Gasteiger partial charge in [0.25, 0.3) is 0 Å². The number of hydrogen-bond donors (Lipinski definition) is 1. The molecule has 18 heavy (non-hydrogen) atoms. The minimum absolute atomic E-state index is 0.0329. The SMILES string of the molecule is O=C1OC(C2CCCNC2)CN1c1ccccc1. The number of nitrogens with one attached hydrogen (secondary N) is 1. The van der Waals surface area contributed by atoms with E-state index in [1.165, 1.54) is 6.42 Å². The van der Waals surface area contributed by atoms with E-state index >= 15 is 0 Å². The highest BCUT2D eigenvalue weighted by atomic mass is 16.6. The van der Waals surface area contributed by atoms with E-state index < -0.39 is 0 Å². The molecule has 1 N–H and O–H groups in total. The predicted octanol–water partition coefficient (Wildman–Crippen LogP) is 2.01. The molecule has 0 radical (unpaired) electrons. The van der Waals surface area contributed by atoms with Crippen molar-refractivity contribution in [3.8, 4) is 0 Å². The number of carbonyl (C=O) groups excluding carboxylic acids is 1. The fourth-order valence-corrected chi connectivity index (χ4v) is 2.75. The van der Waals surface area contributed by atoms with Crippen molar-refractivity contribution in [1.29, 1.82) is 0 Å². The molecule has 4 heteroatoms. The normalized spacial score (nSPS) is 28.2. The maximum Gasteiger partial charge on any atom is 0.414 e. The molecule has 2 saturated heterocycles. The Kier molecular flexibility index (Phi) is 3.19. The van der Waals surface area contributed by atoms with Crippen LogP contribution in [0.25, 0.3) is 0 Å². The van der Waals surface area contributed by atoms with Crippen LogP contribution < -0.4 is 10.2 Å². The summed E-state index contributed by atoms with van der Waals surface area (Å²) >= 11 is 0. The van der Waals surface area contributed by atoms with E-state index in [0.29, 0.717) is 12.5 Å². The van der Waals surface area contributed by atoms with E-state index in [9.17, 15) is 4.79 Å². The first-order valence-electron chi connectivity index (χ1n) is 6.58. The lowest BCUT2D eigenvalue weighted by Crippen LogP contribution is -2.38. The Balaban J connectivity index is 1.70. The van der Waals surface area contributed by atoms with Crippen LogP contribution in [0.3, 0.4) is 0 Å². The van der Waals surface area contributed by atoms with Crippen LogP contribution in [0.4, 0.5) is 10.5 Å². The first-order chi connectivity index (χ1) is 8.84. The zero-order valence-electron chi connectivity index (χ0n) is 10.3. The molecular formula is C14H18N2O2. The fourth-order valence-electron chi connectivity index (χ4n) is 2.75. The number of piperidine rings is 1. The minimum atomic E-state index is -0.211. The van der Waals surface area contributed by atoms with Crippen molar-refractivity contribution in [2.75, 3.05) is 24.5 Å². The topological polar surface area (TPSA) is 41.6 Å². The maximum atomic E-state index is 11.9. The molecule has 2 unspecified atom stereocenters. The van der Waals surface area contributed by atoms with E-state index in [-0.39, 0.29) is 12.2 Å². The second-order valence-corrected chi connectivity index (χ2v) is 4.97. The van der Waals surface area contributed by atoms with Crippen LogP contribution in [0.1, 0.15) is 12.8 Å². The molecular weight excluding hydrogens is 228 g/mol. The number of ether oxygens (including phenoxy) is 1. The Hall–Kier alpha value is -1.55. The van der Waals surface area contributed by atoms with Crippen LogP contribution in [0.15, 0.2) is 30.3 Å². The van der Waals surface area contributed by atoms with Crippen molar-refractivity contribution in [1.82, 2.24) is 5.32 Å². The number of rotatable bonds is 2. The first kappa shape index (κ1) is 11.5. The Morgan fingerprint density at radius 3 is 2.83 bits per heavy atom. The van der Waals surface area contributed by atoms with E-state index in [1.54, 1.807) is 4.90 Å². The van der Waals surface area contributed by atoms with E-state index in [0.717, 1.165) is 25.2 Å². The number of hydrogen-bond acceptors (Lipinski definition) is 3. The summed E-state index contributed by atoms with van der Waals surface area (Å²) in [5.41, 5.74) is 0.925. The van der Waals surface area contributed by atoms with Gasteiger partial charge in [0.2, 0.25) is 0 Å². The number of nitrogens with zero attached hydrogens (tertiary/aromatic N) is 1. The molecule has 1 aromatic carbocycles. The number of carbonyl (C=O) groups is 1. The number of para-hydroxylation sites is 1. The van der Waals surface area contributed by atoms with Crippen molar-refractivity contribution < 1.29 is 9.53 Å². The minimum Gasteiger partial charge on any atom is -0.444 e. The molecule has 2 heterocycles. The second kappa shape index (κ2) is 4.98. The van der Waals surface area contributed by atoms with Gasteiger partial charge >= 0.3 is 6.09 Å². The van der Waals surface area contributed by atoms with Crippen LogP contribution in [-0.2, 0) is 4.74 Å². The third-order valence-electron chi connectivity index (χ3n) is 3.76. The predicted molar refractivity (Wildman–Crippen MR) is 69.7 cm³/mol. The van der Waals surface area contributed by atoms with Crippen LogP contribution in [0, 0.1) is 5.92 Å². The standard InChI is InChI=1S/C14H18N2O2/c17-14-16(12-6-2-1-3-7-12)10-13(18-14)11-5-4-8-15-9-11/h1-3,6-7,11,13,15H,4-5,8-10H2. The second-order valence-electron chi connectivity index (χ2n) is 4.97. The first-order valence-corrected chi connectivity index (χ1v) is 6.58. The Bertz CT molecular complexity index is 415. The van der Waals surface area contributed by atoms with Crippen molar-refractivity contribution in [2.24, 2.45) is 5.92 Å². The summed E-state index contributed by atoms with van der Waals surface area (Å²) in [4.78, 5) is 13.6. The molecule has 2 aliphatic heterocycles. The average molecular weight is 246 g/mol.